The molecule has 0 bridgehead atoms. The van der Waals surface area contributed by atoms with E-state index in [4.69, 9.17) is 5.73 Å². The number of nitrogens with zero attached hydrogens (tertiary/aromatic N) is 1. The molecule has 1 heterocycles. The normalized spacial score (nSPS) is 10.2. The predicted molar refractivity (Wildman–Crippen MR) is 82.8 cm³/mol. The van der Waals surface area contributed by atoms with E-state index in [1.54, 1.807) is 12.1 Å². The number of aromatic nitrogens is 1. The number of hydrogen-bond donors (Lipinski definition) is 2. The molecule has 1 aromatic heterocycles. The lowest BCUT2D eigenvalue weighted by atomic mass is 10.2. The van der Waals surface area contributed by atoms with Crippen LogP contribution in [0.3, 0.4) is 0 Å². The maximum Gasteiger partial charge on any atom is 0.230 e. The molecule has 4 nitrogen and oxygen atoms in total. The highest BCUT2D eigenvalue weighted by atomic mass is 79.9. The van der Waals surface area contributed by atoms with E-state index in [0.29, 0.717) is 11.4 Å². The number of amides is 1. The Morgan fingerprint density at radius 3 is 2.68 bits per heavy atom. The van der Waals surface area contributed by atoms with Crippen molar-refractivity contribution in [1.29, 1.82) is 0 Å². The summed E-state index contributed by atoms with van der Waals surface area (Å²) in [6, 6.07) is 9.03. The number of nitrogen functional groups attached to an aromatic ring is 1. The number of pyridine rings is 1. The monoisotopic (exact) mass is 383 g/mol. The number of nitrogens with one attached hydrogen (secondary N) is 1. The van der Waals surface area contributed by atoms with Gasteiger partial charge in [0, 0.05) is 14.6 Å². The van der Waals surface area contributed by atoms with Gasteiger partial charge in [0.05, 0.1) is 24.0 Å². The van der Waals surface area contributed by atoms with E-state index in [9.17, 15) is 4.79 Å². The first kappa shape index (κ1) is 14.0. The smallest absolute Gasteiger partial charge is 0.230 e. The lowest BCUT2D eigenvalue weighted by molar-refractivity contribution is -0.115. The Labute approximate surface area is 127 Å². The van der Waals surface area contributed by atoms with E-state index in [1.807, 2.05) is 18.2 Å². The largest absolute Gasteiger partial charge is 0.397 e. The highest BCUT2D eigenvalue weighted by Crippen LogP contribution is 2.26. The summed E-state index contributed by atoms with van der Waals surface area (Å²) in [7, 11) is 0. The third-order valence-electron chi connectivity index (χ3n) is 2.39. The van der Waals surface area contributed by atoms with Crippen LogP contribution in [-0.2, 0) is 11.2 Å². The minimum Gasteiger partial charge on any atom is -0.397 e. The zero-order valence-electron chi connectivity index (χ0n) is 9.86. The van der Waals surface area contributed by atoms with E-state index in [2.05, 4.69) is 42.2 Å². The molecule has 0 aliphatic carbocycles. The van der Waals surface area contributed by atoms with Crippen molar-refractivity contribution in [2.45, 2.75) is 6.42 Å². The van der Waals surface area contributed by atoms with E-state index >= 15 is 0 Å². The zero-order valence-corrected chi connectivity index (χ0v) is 13.0. The number of benzene rings is 1. The maximum atomic E-state index is 11.9. The molecule has 0 atom stereocenters. The van der Waals surface area contributed by atoms with Crippen LogP contribution < -0.4 is 11.1 Å². The molecule has 98 valence electrons. The molecule has 19 heavy (non-hydrogen) atoms. The number of halogens is 2. The summed E-state index contributed by atoms with van der Waals surface area (Å²) in [6.07, 6.45) is 1.75. The Morgan fingerprint density at radius 1 is 1.26 bits per heavy atom. The second-order valence-electron chi connectivity index (χ2n) is 3.93. The van der Waals surface area contributed by atoms with Gasteiger partial charge in [0.2, 0.25) is 5.91 Å². The molecule has 6 heteroatoms. The summed E-state index contributed by atoms with van der Waals surface area (Å²) in [5.41, 5.74) is 7.53. The van der Waals surface area contributed by atoms with Gasteiger partial charge < -0.3 is 11.1 Å². The van der Waals surface area contributed by atoms with Gasteiger partial charge in [-0.1, -0.05) is 15.9 Å². The van der Waals surface area contributed by atoms with Crippen molar-refractivity contribution in [3.63, 3.8) is 0 Å². The van der Waals surface area contributed by atoms with E-state index in [1.165, 1.54) is 6.20 Å². The molecule has 1 amide bonds. The zero-order chi connectivity index (χ0) is 13.8. The number of rotatable bonds is 3. The third kappa shape index (κ3) is 4.04. The van der Waals surface area contributed by atoms with Gasteiger partial charge in [0.1, 0.15) is 0 Å². The van der Waals surface area contributed by atoms with Crippen molar-refractivity contribution >= 4 is 49.1 Å². The topological polar surface area (TPSA) is 68.0 Å². The SMILES string of the molecule is Nc1ccc(CC(=O)Nc2ccc(Br)cc2Br)nc1. The molecule has 2 rings (SSSR count). The summed E-state index contributed by atoms with van der Waals surface area (Å²) in [5, 5.41) is 2.82. The van der Waals surface area contributed by atoms with Crippen LogP contribution in [0.25, 0.3) is 0 Å². The van der Waals surface area contributed by atoms with Gasteiger partial charge in [-0.25, -0.2) is 0 Å². The fraction of sp³-hybridized carbons (Fsp3) is 0.0769. The molecule has 0 fully saturated rings. The molecule has 1 aromatic carbocycles. The van der Waals surface area contributed by atoms with Crippen molar-refractivity contribution in [3.8, 4) is 0 Å². The molecule has 0 saturated heterocycles. The van der Waals surface area contributed by atoms with Crippen LogP contribution in [0.2, 0.25) is 0 Å². The molecule has 0 saturated carbocycles. The summed E-state index contributed by atoms with van der Waals surface area (Å²) >= 11 is 6.75. The lowest BCUT2D eigenvalue weighted by Gasteiger charge is -2.07. The maximum absolute atomic E-state index is 11.9. The third-order valence-corrected chi connectivity index (χ3v) is 3.54. The molecule has 0 radical (unpaired) electrons. The fourth-order valence-corrected chi connectivity index (χ4v) is 2.64. The van der Waals surface area contributed by atoms with Gasteiger partial charge in [0.15, 0.2) is 0 Å². The molecular weight excluding hydrogens is 374 g/mol. The first-order valence-electron chi connectivity index (χ1n) is 5.50. The van der Waals surface area contributed by atoms with Crippen LogP contribution >= 0.6 is 31.9 Å². The highest BCUT2D eigenvalue weighted by molar-refractivity contribution is 9.11. The standard InChI is InChI=1S/C13H11Br2N3O/c14-8-1-4-12(11(15)5-8)18-13(19)6-10-3-2-9(16)7-17-10/h1-5,7H,6,16H2,(H,18,19). The summed E-state index contributed by atoms with van der Waals surface area (Å²) in [6.45, 7) is 0. The minimum absolute atomic E-state index is 0.125. The van der Waals surface area contributed by atoms with Gasteiger partial charge in [0.25, 0.3) is 0 Å². The number of carbonyl (C=O) groups excluding carboxylic acids is 1. The van der Waals surface area contributed by atoms with Gasteiger partial charge >= 0.3 is 0 Å². The quantitative estimate of drug-likeness (QED) is 0.852. The van der Waals surface area contributed by atoms with Crippen molar-refractivity contribution in [2.24, 2.45) is 0 Å². The van der Waals surface area contributed by atoms with Crippen molar-refractivity contribution in [2.75, 3.05) is 11.1 Å². The number of hydrogen-bond acceptors (Lipinski definition) is 3. The Balaban J connectivity index is 2.03. The second-order valence-corrected chi connectivity index (χ2v) is 5.70. The van der Waals surface area contributed by atoms with Crippen molar-refractivity contribution in [1.82, 2.24) is 4.98 Å². The van der Waals surface area contributed by atoms with Crippen LogP contribution in [0.4, 0.5) is 11.4 Å². The molecule has 3 N–H and O–H groups in total. The average Bonchev–Trinajstić information content (AvgIpc) is 2.36. The van der Waals surface area contributed by atoms with E-state index in [-0.39, 0.29) is 12.3 Å². The van der Waals surface area contributed by atoms with Gasteiger partial charge in [-0.05, 0) is 46.3 Å². The van der Waals surface area contributed by atoms with Crippen LogP contribution in [0.1, 0.15) is 5.69 Å². The van der Waals surface area contributed by atoms with Gasteiger partial charge in [-0.3, -0.25) is 9.78 Å². The Morgan fingerprint density at radius 2 is 2.05 bits per heavy atom. The number of nitrogens with two attached hydrogens (primary N) is 1. The van der Waals surface area contributed by atoms with Crippen LogP contribution in [0.15, 0.2) is 45.5 Å². The molecule has 0 unspecified atom stereocenters. The van der Waals surface area contributed by atoms with E-state index in [0.717, 1.165) is 14.6 Å². The Bertz CT molecular complexity index is 599. The lowest BCUT2D eigenvalue weighted by Crippen LogP contribution is -2.15. The first-order chi connectivity index (χ1) is 9.04. The molecule has 0 aliphatic rings. The Hall–Kier alpha value is -1.40. The van der Waals surface area contributed by atoms with Gasteiger partial charge in [-0.2, -0.15) is 0 Å². The number of carbonyl (C=O) groups is 1. The fourth-order valence-electron chi connectivity index (χ4n) is 1.49. The highest BCUT2D eigenvalue weighted by Gasteiger charge is 2.07. The van der Waals surface area contributed by atoms with Crippen molar-refractivity contribution in [3.05, 3.63) is 51.2 Å². The van der Waals surface area contributed by atoms with Crippen LogP contribution in [0.5, 0.6) is 0 Å². The van der Waals surface area contributed by atoms with Crippen LogP contribution in [-0.4, -0.2) is 10.9 Å². The number of anilines is 2. The molecule has 0 aliphatic heterocycles. The summed E-state index contributed by atoms with van der Waals surface area (Å²) in [4.78, 5) is 16.0. The molecule has 2 aromatic rings. The van der Waals surface area contributed by atoms with E-state index < -0.39 is 0 Å². The van der Waals surface area contributed by atoms with Crippen molar-refractivity contribution < 1.29 is 4.79 Å². The van der Waals surface area contributed by atoms with Crippen LogP contribution in [0, 0.1) is 0 Å². The first-order valence-corrected chi connectivity index (χ1v) is 7.08. The molecular formula is C13H11Br2N3O. The minimum atomic E-state index is -0.125. The second kappa shape index (κ2) is 6.16. The summed E-state index contributed by atoms with van der Waals surface area (Å²) in [5.74, 6) is -0.125. The summed E-state index contributed by atoms with van der Waals surface area (Å²) < 4.78 is 1.76. The average molecular weight is 385 g/mol. The van der Waals surface area contributed by atoms with Gasteiger partial charge in [-0.15, -0.1) is 0 Å². The Kier molecular flexibility index (Phi) is 4.55. The molecule has 0 spiro atoms. The predicted octanol–water partition coefficient (Wildman–Crippen LogP) is 3.37.